The topological polar surface area (TPSA) is 70.5 Å². The summed E-state index contributed by atoms with van der Waals surface area (Å²) in [4.78, 5) is 32.3. The first kappa shape index (κ1) is 18.0. The van der Waals surface area contributed by atoms with Gasteiger partial charge < -0.3 is 19.7 Å². The number of carbonyl (C=O) groups is 2. The third kappa shape index (κ3) is 3.83. The molecule has 1 fully saturated rings. The first-order valence-electron chi connectivity index (χ1n) is 9.40. The largest absolute Gasteiger partial charge is 0.368 e. The van der Waals surface area contributed by atoms with E-state index >= 15 is 0 Å². The minimum atomic E-state index is -0.0917. The summed E-state index contributed by atoms with van der Waals surface area (Å²) in [7, 11) is 0. The van der Waals surface area contributed by atoms with E-state index in [0.29, 0.717) is 0 Å². The van der Waals surface area contributed by atoms with Gasteiger partial charge in [-0.05, 0) is 36.4 Å². The predicted octanol–water partition coefficient (Wildman–Crippen LogP) is 2.34. The maximum atomic E-state index is 12.4. The molecule has 1 aliphatic heterocycles. The lowest BCUT2D eigenvalue weighted by atomic mass is 10.2. The Bertz CT molecular complexity index is 987. The molecule has 1 aromatic heterocycles. The molecule has 28 heavy (non-hydrogen) atoms. The number of nitrogens with zero attached hydrogens (tertiary/aromatic N) is 4. The molecule has 2 heterocycles. The molecule has 1 saturated heterocycles. The molecule has 7 nitrogen and oxygen atoms in total. The number of carbonyl (C=O) groups excluding carboxylic acids is 2. The molecule has 7 heteroatoms. The smallest absolute Gasteiger partial charge is 0.244 e. The molecule has 0 bridgehead atoms. The summed E-state index contributed by atoms with van der Waals surface area (Å²) in [5.74, 6) is 0.0364. The first-order chi connectivity index (χ1) is 13.6. The molecule has 4 rings (SSSR count). The minimum Gasteiger partial charge on any atom is -0.368 e. The number of aromatic nitrogens is 2. The average Bonchev–Trinajstić information content (AvgIpc) is 3.11. The molecule has 2 amide bonds. The van der Waals surface area contributed by atoms with Crippen LogP contribution in [-0.2, 0) is 16.1 Å². The number of rotatable bonds is 4. The lowest BCUT2D eigenvalue weighted by Gasteiger charge is -2.35. The number of hydrogen-bond acceptors (Lipinski definition) is 4. The van der Waals surface area contributed by atoms with E-state index in [1.807, 2.05) is 58.0 Å². The van der Waals surface area contributed by atoms with Crippen molar-refractivity contribution < 1.29 is 9.59 Å². The van der Waals surface area contributed by atoms with Gasteiger partial charge in [0, 0.05) is 44.5 Å². The van der Waals surface area contributed by atoms with Crippen LogP contribution < -0.4 is 10.2 Å². The van der Waals surface area contributed by atoms with E-state index in [1.165, 1.54) is 0 Å². The highest BCUT2D eigenvalue weighted by Gasteiger charge is 2.18. The summed E-state index contributed by atoms with van der Waals surface area (Å²) in [5.41, 5.74) is 3.68. The molecule has 2 aromatic carbocycles. The summed E-state index contributed by atoms with van der Waals surface area (Å²) in [6.07, 6.45) is 1.69. The van der Waals surface area contributed by atoms with E-state index in [2.05, 4.69) is 15.2 Å². The van der Waals surface area contributed by atoms with Gasteiger partial charge in [0.05, 0.1) is 17.4 Å². The number of nitrogens with one attached hydrogen (secondary N) is 1. The third-order valence-electron chi connectivity index (χ3n) is 5.08. The van der Waals surface area contributed by atoms with E-state index in [-0.39, 0.29) is 18.4 Å². The van der Waals surface area contributed by atoms with Crippen molar-refractivity contribution in [2.75, 3.05) is 36.4 Å². The van der Waals surface area contributed by atoms with Crippen molar-refractivity contribution in [3.8, 4) is 0 Å². The van der Waals surface area contributed by atoms with Crippen LogP contribution in [0.25, 0.3) is 11.0 Å². The standard InChI is InChI=1S/C21H23N5O2/c1-16(27)24-10-12-25(13-11-24)18-8-6-17(7-9-18)23-21(28)14-26-15-22-19-4-2-3-5-20(19)26/h2-9,15H,10-14H2,1H3,(H,23,28). The van der Waals surface area contributed by atoms with Crippen molar-refractivity contribution in [2.45, 2.75) is 13.5 Å². The Kier molecular flexibility index (Phi) is 4.97. The lowest BCUT2D eigenvalue weighted by molar-refractivity contribution is -0.129. The molecule has 0 spiro atoms. The van der Waals surface area contributed by atoms with Gasteiger partial charge in [-0.3, -0.25) is 9.59 Å². The van der Waals surface area contributed by atoms with Crippen molar-refractivity contribution >= 4 is 34.2 Å². The highest BCUT2D eigenvalue weighted by Crippen LogP contribution is 2.20. The summed E-state index contributed by atoms with van der Waals surface area (Å²) in [6.45, 7) is 4.95. The molecular weight excluding hydrogens is 354 g/mol. The Morgan fingerprint density at radius 2 is 1.71 bits per heavy atom. The van der Waals surface area contributed by atoms with Crippen molar-refractivity contribution in [3.05, 3.63) is 54.9 Å². The van der Waals surface area contributed by atoms with Crippen LogP contribution in [0, 0.1) is 0 Å². The van der Waals surface area contributed by atoms with Crippen LogP contribution in [0.5, 0.6) is 0 Å². The number of amides is 2. The first-order valence-corrected chi connectivity index (χ1v) is 9.40. The van der Waals surface area contributed by atoms with Gasteiger partial charge in [0.2, 0.25) is 11.8 Å². The number of fused-ring (bicyclic) bond motifs is 1. The molecule has 144 valence electrons. The van der Waals surface area contributed by atoms with Crippen molar-refractivity contribution in [1.82, 2.24) is 14.5 Å². The van der Waals surface area contributed by atoms with Gasteiger partial charge in [0.25, 0.3) is 0 Å². The molecule has 0 unspecified atom stereocenters. The summed E-state index contributed by atoms with van der Waals surface area (Å²) < 4.78 is 1.84. The van der Waals surface area contributed by atoms with Gasteiger partial charge in [-0.15, -0.1) is 0 Å². The Labute approximate surface area is 163 Å². The van der Waals surface area contributed by atoms with Gasteiger partial charge in [-0.2, -0.15) is 0 Å². The van der Waals surface area contributed by atoms with Gasteiger partial charge in [0.15, 0.2) is 0 Å². The van der Waals surface area contributed by atoms with Crippen molar-refractivity contribution in [3.63, 3.8) is 0 Å². The fourth-order valence-electron chi connectivity index (χ4n) is 3.53. The van der Waals surface area contributed by atoms with Crippen LogP contribution in [-0.4, -0.2) is 52.4 Å². The molecule has 0 radical (unpaired) electrons. The van der Waals surface area contributed by atoms with Crippen LogP contribution >= 0.6 is 0 Å². The maximum absolute atomic E-state index is 12.4. The zero-order valence-corrected chi connectivity index (χ0v) is 15.8. The number of anilines is 2. The Hall–Kier alpha value is -3.35. The average molecular weight is 377 g/mol. The zero-order chi connectivity index (χ0) is 19.5. The van der Waals surface area contributed by atoms with Crippen molar-refractivity contribution in [2.24, 2.45) is 0 Å². The second-order valence-electron chi connectivity index (χ2n) is 6.95. The van der Waals surface area contributed by atoms with Crippen LogP contribution in [0.15, 0.2) is 54.9 Å². The Morgan fingerprint density at radius 1 is 1.00 bits per heavy atom. The molecule has 3 aromatic rings. The van der Waals surface area contributed by atoms with Crippen LogP contribution in [0.2, 0.25) is 0 Å². The van der Waals surface area contributed by atoms with E-state index in [4.69, 9.17) is 0 Å². The second kappa shape index (κ2) is 7.72. The fraction of sp³-hybridized carbons (Fsp3) is 0.286. The summed E-state index contributed by atoms with van der Waals surface area (Å²) in [6, 6.07) is 15.6. The molecule has 0 atom stereocenters. The van der Waals surface area contributed by atoms with E-state index < -0.39 is 0 Å². The van der Waals surface area contributed by atoms with E-state index in [9.17, 15) is 9.59 Å². The van der Waals surface area contributed by atoms with Gasteiger partial charge in [0.1, 0.15) is 6.54 Å². The maximum Gasteiger partial charge on any atom is 0.244 e. The second-order valence-corrected chi connectivity index (χ2v) is 6.95. The lowest BCUT2D eigenvalue weighted by Crippen LogP contribution is -2.48. The van der Waals surface area contributed by atoms with E-state index in [0.717, 1.165) is 48.6 Å². The third-order valence-corrected chi connectivity index (χ3v) is 5.08. The molecular formula is C21H23N5O2. The monoisotopic (exact) mass is 377 g/mol. The molecule has 1 aliphatic rings. The zero-order valence-electron chi connectivity index (χ0n) is 15.8. The summed E-state index contributed by atoms with van der Waals surface area (Å²) >= 11 is 0. The van der Waals surface area contributed by atoms with Crippen LogP contribution in [0.4, 0.5) is 11.4 Å². The van der Waals surface area contributed by atoms with E-state index in [1.54, 1.807) is 13.3 Å². The number of piperazine rings is 1. The van der Waals surface area contributed by atoms with Gasteiger partial charge in [-0.1, -0.05) is 12.1 Å². The number of hydrogen-bond donors (Lipinski definition) is 1. The predicted molar refractivity (Wildman–Crippen MR) is 109 cm³/mol. The van der Waals surface area contributed by atoms with Crippen LogP contribution in [0.3, 0.4) is 0 Å². The number of para-hydroxylation sites is 2. The Morgan fingerprint density at radius 3 is 2.43 bits per heavy atom. The van der Waals surface area contributed by atoms with Crippen LogP contribution in [0.1, 0.15) is 6.92 Å². The number of benzene rings is 2. The van der Waals surface area contributed by atoms with Crippen molar-refractivity contribution in [1.29, 1.82) is 0 Å². The number of imidazole rings is 1. The fourth-order valence-corrected chi connectivity index (χ4v) is 3.53. The molecule has 1 N–H and O–H groups in total. The highest BCUT2D eigenvalue weighted by molar-refractivity contribution is 5.91. The quantitative estimate of drug-likeness (QED) is 0.758. The summed E-state index contributed by atoms with van der Waals surface area (Å²) in [5, 5.41) is 2.94. The van der Waals surface area contributed by atoms with Gasteiger partial charge >= 0.3 is 0 Å². The normalized spacial score (nSPS) is 14.3. The molecule has 0 saturated carbocycles. The highest BCUT2D eigenvalue weighted by atomic mass is 16.2. The Balaban J connectivity index is 1.35. The molecule has 0 aliphatic carbocycles. The van der Waals surface area contributed by atoms with Gasteiger partial charge in [-0.25, -0.2) is 4.98 Å². The minimum absolute atomic E-state index is 0.0917. The SMILES string of the molecule is CC(=O)N1CCN(c2ccc(NC(=O)Cn3cnc4ccccc43)cc2)CC1.